The first kappa shape index (κ1) is 48.1. The van der Waals surface area contributed by atoms with Gasteiger partial charge in [0.15, 0.2) is 17.5 Å². The highest BCUT2D eigenvalue weighted by atomic mass is 35.5. The summed E-state index contributed by atoms with van der Waals surface area (Å²) >= 11 is 49.1. The zero-order valence-electron chi connectivity index (χ0n) is 30.0. The Balaban J connectivity index is 1.53. The molecule has 0 saturated heterocycles. The third-order valence-electron chi connectivity index (χ3n) is 8.05. The van der Waals surface area contributed by atoms with Gasteiger partial charge in [-0.1, -0.05) is 164 Å². The molecule has 0 saturated carbocycles. The van der Waals surface area contributed by atoms with Gasteiger partial charge in [0.05, 0.1) is 44.7 Å². The van der Waals surface area contributed by atoms with E-state index >= 15 is 22.0 Å². The molecule has 0 spiro atoms. The predicted octanol–water partition coefficient (Wildman–Crippen LogP) is 20.1. The summed E-state index contributed by atoms with van der Waals surface area (Å²) in [5, 5.41) is -1.19. The van der Waals surface area contributed by atoms with Crippen molar-refractivity contribution in [2.75, 3.05) is 0 Å². The van der Waals surface area contributed by atoms with E-state index in [1.807, 2.05) is 0 Å². The Morgan fingerprint density at radius 3 is 1.69 bits per heavy atom. The second kappa shape index (κ2) is 20.8. The normalized spacial score (nSPS) is 11.5. The van der Waals surface area contributed by atoms with Gasteiger partial charge in [0.1, 0.15) is 23.3 Å². The van der Waals surface area contributed by atoms with Gasteiger partial charge >= 0.3 is 0 Å². The van der Waals surface area contributed by atoms with Crippen LogP contribution in [0.4, 0.5) is 30.7 Å². The molecule has 7 aromatic carbocycles. The minimum absolute atomic E-state index is 0.00236. The fourth-order valence-electron chi connectivity index (χ4n) is 5.28. The largest absolute Gasteiger partial charge is 0.207 e. The van der Waals surface area contributed by atoms with E-state index in [1.54, 1.807) is 0 Å². The minimum Gasteiger partial charge on any atom is -0.207 e. The van der Waals surface area contributed by atoms with Gasteiger partial charge in [0.2, 0.25) is 0 Å². The molecule has 0 radical (unpaired) electrons. The lowest BCUT2D eigenvalue weighted by molar-refractivity contribution is 0.569. The Hall–Kier alpha value is -1.82. The van der Waals surface area contributed by atoms with Crippen LogP contribution in [0.3, 0.4) is 0 Å². The first-order valence-corrected chi connectivity index (χ1v) is 24.4. The van der Waals surface area contributed by atoms with Crippen LogP contribution in [-0.2, 0) is 0 Å². The Kier molecular flexibility index (Phi) is 16.1. The summed E-state index contributed by atoms with van der Waals surface area (Å²) in [5.41, 5.74) is 0. The fraction of sp³-hybridized carbons (Fsp3) is 0. The maximum Gasteiger partial charge on any atom is 0.158 e. The van der Waals surface area contributed by atoms with Gasteiger partial charge in [-0.15, -0.1) is 0 Å². The molecule has 0 aliphatic carbocycles. The maximum absolute atomic E-state index is 17.3. The molecule has 0 bridgehead atoms. The molecule has 0 atom stereocenters. The van der Waals surface area contributed by atoms with E-state index in [9.17, 15) is 8.78 Å². The quantitative estimate of drug-likeness (QED) is 0.111. The highest BCUT2D eigenvalue weighted by Gasteiger charge is 2.30. The lowest BCUT2D eigenvalue weighted by atomic mass is 10.3. The molecule has 0 fully saturated rings. The predicted molar refractivity (Wildman–Crippen MR) is 245 cm³/mol. The first-order chi connectivity index (χ1) is 29.5. The summed E-state index contributed by atoms with van der Waals surface area (Å²) in [7, 11) is 0. The number of benzene rings is 7. The number of hydrogen-bond donors (Lipinski definition) is 0. The van der Waals surface area contributed by atoms with Crippen molar-refractivity contribution in [2.24, 2.45) is 0 Å². The molecule has 0 aliphatic heterocycles. The van der Waals surface area contributed by atoms with E-state index < -0.39 is 45.7 Å². The molecule has 318 valence electrons. The van der Waals surface area contributed by atoms with Crippen LogP contribution in [0.5, 0.6) is 0 Å². The maximum atomic E-state index is 17.3. The van der Waals surface area contributed by atoms with Crippen LogP contribution in [0.25, 0.3) is 0 Å². The Labute approximate surface area is 410 Å². The molecule has 7 aromatic rings. The zero-order chi connectivity index (χ0) is 44.6. The second-order valence-electron chi connectivity index (χ2n) is 12.2. The molecule has 0 aliphatic rings. The van der Waals surface area contributed by atoms with Gasteiger partial charge in [-0.05, 0) is 84.9 Å². The summed E-state index contributed by atoms with van der Waals surface area (Å²) < 4.78 is 110. The zero-order valence-corrected chi connectivity index (χ0v) is 40.2. The molecule has 0 heterocycles. The molecule has 0 unspecified atom stereocenters. The summed E-state index contributed by atoms with van der Waals surface area (Å²) in [6, 6.07) is 20.3. The van der Waals surface area contributed by atoms with E-state index in [2.05, 4.69) is 0 Å². The van der Waals surface area contributed by atoms with E-state index in [4.69, 9.17) is 81.2 Å². The molecule has 0 nitrogen and oxygen atoms in total. The van der Waals surface area contributed by atoms with Crippen molar-refractivity contribution < 1.29 is 30.7 Å². The van der Waals surface area contributed by atoms with Crippen molar-refractivity contribution in [3.63, 3.8) is 0 Å². The van der Waals surface area contributed by atoms with Crippen LogP contribution in [0, 0.1) is 40.7 Å². The molecule has 62 heavy (non-hydrogen) atoms. The van der Waals surface area contributed by atoms with Gasteiger partial charge < -0.3 is 0 Å². The Bertz CT molecular complexity index is 2870. The van der Waals surface area contributed by atoms with E-state index in [0.29, 0.717) is 40.2 Å². The van der Waals surface area contributed by atoms with Crippen LogP contribution in [-0.4, -0.2) is 0 Å². The summed E-state index contributed by atoms with van der Waals surface area (Å²) in [6.45, 7) is 0. The summed E-state index contributed by atoms with van der Waals surface area (Å²) in [4.78, 5) is -0.799. The van der Waals surface area contributed by atoms with E-state index in [-0.39, 0.29) is 84.0 Å². The van der Waals surface area contributed by atoms with Crippen LogP contribution >= 0.6 is 152 Å². The van der Waals surface area contributed by atoms with Crippen molar-refractivity contribution in [3.05, 3.63) is 173 Å². The highest BCUT2D eigenvalue weighted by molar-refractivity contribution is 8.05. The van der Waals surface area contributed by atoms with Crippen LogP contribution in [0.1, 0.15) is 0 Å². The lowest BCUT2D eigenvalue weighted by Gasteiger charge is -2.22. The third kappa shape index (κ3) is 10.9. The fourth-order valence-corrected chi connectivity index (χ4v) is 14.1. The standard InChI is InChI=1S/C42H16Cl7F7S6/c43-17-7-9-26(52)29(13-17)60-40-36(56)33(49)39(58-21-12-18(44)11-19(50)14-21)41(57-20-8-10-25(51)24(47)15-20)42(40)62-31-16-30(61-37-23(46)4-1-5-27(37)53)32(48)38(35(31)55)59-28-6-2-3-22(45)34(28)54/h1-16H. The highest BCUT2D eigenvalue weighted by Crippen LogP contribution is 2.57. The molecule has 0 aromatic heterocycles. The summed E-state index contributed by atoms with van der Waals surface area (Å²) in [5.74, 6) is -5.99. The molecular weight excluding hydrogens is 1080 g/mol. The van der Waals surface area contributed by atoms with Crippen LogP contribution < -0.4 is 0 Å². The Morgan fingerprint density at radius 2 is 0.968 bits per heavy atom. The van der Waals surface area contributed by atoms with Gasteiger partial charge in [0.25, 0.3) is 0 Å². The first-order valence-electron chi connectivity index (χ1n) is 16.9. The number of halogens is 14. The molecule has 0 N–H and O–H groups in total. The topological polar surface area (TPSA) is 0 Å². The summed E-state index contributed by atoms with van der Waals surface area (Å²) in [6.07, 6.45) is 0. The molecule has 7 rings (SSSR count). The minimum atomic E-state index is -1.09. The van der Waals surface area contributed by atoms with Gasteiger partial charge in [-0.3, -0.25) is 0 Å². The monoisotopic (exact) mass is 1090 g/mol. The lowest BCUT2D eigenvalue weighted by Crippen LogP contribution is -1.98. The molecular formula is C42H16Cl7F7S6. The SMILES string of the molecule is Fc1cc(Cl)cc(Sc2c(Cl)c(F)c(Sc3cc(Cl)ccc3F)c(Sc3cc(Sc4c(F)cccc4Cl)c(Cl)c(Sc4cccc(Cl)c4F)c3F)c2Sc2ccc(F)c(Cl)c2)c1. The van der Waals surface area contributed by atoms with Crippen molar-refractivity contribution in [3.8, 4) is 0 Å². The smallest absolute Gasteiger partial charge is 0.158 e. The van der Waals surface area contributed by atoms with Gasteiger partial charge in [-0.2, -0.15) is 0 Å². The van der Waals surface area contributed by atoms with Crippen LogP contribution in [0.2, 0.25) is 35.2 Å². The third-order valence-corrected chi connectivity index (χ3v) is 17.7. The van der Waals surface area contributed by atoms with Crippen molar-refractivity contribution in [2.45, 2.75) is 58.7 Å². The van der Waals surface area contributed by atoms with Crippen molar-refractivity contribution in [1.29, 1.82) is 0 Å². The molecule has 20 heteroatoms. The second-order valence-corrected chi connectivity index (χ2v) is 21.5. The average Bonchev–Trinajstić information content (AvgIpc) is 3.21. The van der Waals surface area contributed by atoms with Crippen molar-refractivity contribution in [1.82, 2.24) is 0 Å². The average molecular weight is 1090 g/mol. The van der Waals surface area contributed by atoms with E-state index in [0.717, 1.165) is 65.6 Å². The van der Waals surface area contributed by atoms with Gasteiger partial charge in [0, 0.05) is 49.2 Å². The Morgan fingerprint density at radius 1 is 0.323 bits per heavy atom. The van der Waals surface area contributed by atoms with E-state index in [1.165, 1.54) is 66.7 Å². The van der Waals surface area contributed by atoms with Crippen molar-refractivity contribution >= 4 is 152 Å². The van der Waals surface area contributed by atoms with Gasteiger partial charge in [-0.25, -0.2) is 30.7 Å². The van der Waals surface area contributed by atoms with Crippen LogP contribution in [0.15, 0.2) is 156 Å². The number of rotatable bonds is 12. The molecule has 0 amide bonds. The number of hydrogen-bond acceptors (Lipinski definition) is 6.